The van der Waals surface area contributed by atoms with Crippen molar-refractivity contribution in [1.82, 2.24) is 4.90 Å². The van der Waals surface area contributed by atoms with Crippen LogP contribution < -0.4 is 0 Å². The molecule has 1 aromatic carbocycles. The van der Waals surface area contributed by atoms with Gasteiger partial charge in [0.1, 0.15) is 5.82 Å². The van der Waals surface area contributed by atoms with E-state index in [0.717, 1.165) is 23.9 Å². The first-order valence-electron chi connectivity index (χ1n) is 5.85. The molecule has 17 heavy (non-hydrogen) atoms. The molecule has 0 radical (unpaired) electrons. The van der Waals surface area contributed by atoms with Crippen LogP contribution >= 0.6 is 15.9 Å². The van der Waals surface area contributed by atoms with Gasteiger partial charge in [0.25, 0.3) is 0 Å². The second kappa shape index (κ2) is 5.04. The molecule has 4 heteroatoms. The van der Waals surface area contributed by atoms with Crippen LogP contribution in [0, 0.1) is 5.82 Å². The highest BCUT2D eigenvalue weighted by Gasteiger charge is 2.28. The van der Waals surface area contributed by atoms with Crippen molar-refractivity contribution in [3.05, 3.63) is 34.1 Å². The van der Waals surface area contributed by atoms with Gasteiger partial charge < -0.3 is 5.11 Å². The first kappa shape index (κ1) is 13.0. The van der Waals surface area contributed by atoms with E-state index in [4.69, 9.17) is 0 Å². The fraction of sp³-hybridized carbons (Fsp3) is 0.538. The smallest absolute Gasteiger partial charge is 0.128 e. The minimum atomic E-state index is -0.635. The summed E-state index contributed by atoms with van der Waals surface area (Å²) in [6, 6.07) is 5.13. The third-order valence-corrected chi connectivity index (χ3v) is 3.66. The minimum Gasteiger partial charge on any atom is -0.389 e. The average Bonchev–Trinajstić information content (AvgIpc) is 2.21. The van der Waals surface area contributed by atoms with Crippen LogP contribution in [0.3, 0.4) is 0 Å². The van der Waals surface area contributed by atoms with Crippen molar-refractivity contribution in [3.8, 4) is 0 Å². The maximum Gasteiger partial charge on any atom is 0.128 e. The van der Waals surface area contributed by atoms with Gasteiger partial charge in [-0.3, -0.25) is 4.90 Å². The normalized spacial score (nSPS) is 26.1. The summed E-state index contributed by atoms with van der Waals surface area (Å²) >= 11 is 3.25. The molecule has 0 aromatic heterocycles. The third kappa shape index (κ3) is 3.50. The fourth-order valence-electron chi connectivity index (χ4n) is 2.35. The van der Waals surface area contributed by atoms with Crippen LogP contribution in [-0.4, -0.2) is 28.7 Å². The molecule has 1 unspecified atom stereocenters. The largest absolute Gasteiger partial charge is 0.389 e. The molecule has 1 atom stereocenters. The predicted octanol–water partition coefficient (Wildman–Crippen LogP) is 2.94. The highest BCUT2D eigenvalue weighted by atomic mass is 79.9. The lowest BCUT2D eigenvalue weighted by Crippen LogP contribution is -2.45. The minimum absolute atomic E-state index is 0.190. The molecule has 0 saturated carbocycles. The highest BCUT2D eigenvalue weighted by molar-refractivity contribution is 9.10. The number of aliphatic hydroxyl groups is 1. The van der Waals surface area contributed by atoms with Crippen molar-refractivity contribution in [3.63, 3.8) is 0 Å². The molecule has 1 saturated heterocycles. The predicted molar refractivity (Wildman–Crippen MR) is 69.2 cm³/mol. The van der Waals surface area contributed by atoms with Gasteiger partial charge in [-0.15, -0.1) is 0 Å². The second-order valence-electron chi connectivity index (χ2n) is 5.05. The van der Waals surface area contributed by atoms with E-state index >= 15 is 0 Å². The number of halogens is 2. The van der Waals surface area contributed by atoms with Crippen molar-refractivity contribution in [2.45, 2.75) is 31.9 Å². The first-order chi connectivity index (χ1) is 7.96. The lowest BCUT2D eigenvalue weighted by Gasteiger charge is -2.36. The second-order valence-corrected chi connectivity index (χ2v) is 5.96. The van der Waals surface area contributed by atoms with Crippen molar-refractivity contribution < 1.29 is 9.50 Å². The fourth-order valence-corrected chi connectivity index (χ4v) is 2.68. The van der Waals surface area contributed by atoms with Crippen LogP contribution in [0.2, 0.25) is 0 Å². The molecule has 2 nitrogen and oxygen atoms in total. The summed E-state index contributed by atoms with van der Waals surface area (Å²) < 4.78 is 14.4. The molecule has 1 aliphatic heterocycles. The van der Waals surface area contributed by atoms with Crippen LogP contribution in [0.4, 0.5) is 4.39 Å². The van der Waals surface area contributed by atoms with Gasteiger partial charge in [-0.25, -0.2) is 4.39 Å². The number of piperidine rings is 1. The Balaban J connectivity index is 2.05. The Bertz CT molecular complexity index is 408. The van der Waals surface area contributed by atoms with E-state index in [1.165, 1.54) is 6.07 Å². The summed E-state index contributed by atoms with van der Waals surface area (Å²) in [5.41, 5.74) is 0.0512. The monoisotopic (exact) mass is 301 g/mol. The molecule has 2 rings (SSSR count). The molecular weight excluding hydrogens is 285 g/mol. The van der Waals surface area contributed by atoms with Gasteiger partial charge in [-0.1, -0.05) is 22.0 Å². The number of rotatable bonds is 2. The molecular formula is C13H17BrFNO. The topological polar surface area (TPSA) is 23.5 Å². The zero-order valence-electron chi connectivity index (χ0n) is 9.92. The molecule has 1 heterocycles. The SMILES string of the molecule is CC1(O)CCCN(Cc2ccc(Br)cc2F)C1. The Labute approximate surface area is 110 Å². The maximum absolute atomic E-state index is 13.7. The Morgan fingerprint density at radius 1 is 1.53 bits per heavy atom. The van der Waals surface area contributed by atoms with Gasteiger partial charge >= 0.3 is 0 Å². The summed E-state index contributed by atoms with van der Waals surface area (Å²) in [6.45, 7) is 3.94. The first-order valence-corrected chi connectivity index (χ1v) is 6.64. The van der Waals surface area contributed by atoms with E-state index in [0.29, 0.717) is 18.7 Å². The quantitative estimate of drug-likeness (QED) is 0.908. The number of benzene rings is 1. The van der Waals surface area contributed by atoms with Crippen molar-refractivity contribution in [2.24, 2.45) is 0 Å². The molecule has 0 bridgehead atoms. The van der Waals surface area contributed by atoms with Crippen LogP contribution in [-0.2, 0) is 6.54 Å². The Morgan fingerprint density at radius 3 is 2.94 bits per heavy atom. The van der Waals surface area contributed by atoms with Gasteiger partial charge in [-0.05, 0) is 38.4 Å². The van der Waals surface area contributed by atoms with Crippen LogP contribution in [0.5, 0.6) is 0 Å². The Hall–Kier alpha value is -0.450. The standard InChI is InChI=1S/C13H17BrFNO/c1-13(17)5-2-6-16(9-13)8-10-3-4-11(14)7-12(10)15/h3-4,7,17H,2,5-6,8-9H2,1H3. The van der Waals surface area contributed by atoms with E-state index in [1.807, 2.05) is 13.0 Å². The van der Waals surface area contributed by atoms with Crippen LogP contribution in [0.25, 0.3) is 0 Å². The lowest BCUT2D eigenvalue weighted by molar-refractivity contribution is -0.0184. The molecule has 1 aliphatic rings. The molecule has 1 aromatic rings. The van der Waals surface area contributed by atoms with Gasteiger partial charge in [0.2, 0.25) is 0 Å². The third-order valence-electron chi connectivity index (χ3n) is 3.16. The zero-order valence-corrected chi connectivity index (χ0v) is 11.5. The van der Waals surface area contributed by atoms with E-state index < -0.39 is 5.60 Å². The molecule has 0 spiro atoms. The summed E-state index contributed by atoms with van der Waals surface area (Å²) in [5.74, 6) is -0.190. The molecule has 1 N–H and O–H groups in total. The number of β-amino-alcohol motifs (C(OH)–C–C–N with tert-alkyl or cyclic N) is 1. The van der Waals surface area contributed by atoms with E-state index in [9.17, 15) is 9.50 Å². The summed E-state index contributed by atoms with van der Waals surface area (Å²) in [4.78, 5) is 2.11. The Morgan fingerprint density at radius 2 is 2.29 bits per heavy atom. The number of hydrogen-bond acceptors (Lipinski definition) is 2. The van der Waals surface area contributed by atoms with Crippen LogP contribution in [0.15, 0.2) is 22.7 Å². The summed E-state index contributed by atoms with van der Waals surface area (Å²) in [6.07, 6.45) is 1.79. The van der Waals surface area contributed by atoms with E-state index in [1.54, 1.807) is 6.07 Å². The van der Waals surface area contributed by atoms with Gasteiger partial charge in [-0.2, -0.15) is 0 Å². The maximum atomic E-state index is 13.7. The van der Waals surface area contributed by atoms with Crippen molar-refractivity contribution in [1.29, 1.82) is 0 Å². The lowest BCUT2D eigenvalue weighted by atomic mass is 9.95. The van der Waals surface area contributed by atoms with Gasteiger partial charge in [0.15, 0.2) is 0 Å². The zero-order chi connectivity index (χ0) is 12.5. The summed E-state index contributed by atoms with van der Waals surface area (Å²) in [5, 5.41) is 9.99. The van der Waals surface area contributed by atoms with E-state index in [-0.39, 0.29) is 5.82 Å². The van der Waals surface area contributed by atoms with Crippen LogP contribution in [0.1, 0.15) is 25.3 Å². The average molecular weight is 302 g/mol. The van der Waals surface area contributed by atoms with Crippen molar-refractivity contribution in [2.75, 3.05) is 13.1 Å². The number of hydrogen-bond donors (Lipinski definition) is 1. The highest BCUT2D eigenvalue weighted by Crippen LogP contribution is 2.23. The molecule has 0 aliphatic carbocycles. The van der Waals surface area contributed by atoms with Gasteiger partial charge in [0, 0.05) is 23.1 Å². The number of likely N-dealkylation sites (tertiary alicyclic amines) is 1. The molecule has 0 amide bonds. The number of nitrogens with zero attached hydrogens (tertiary/aromatic N) is 1. The summed E-state index contributed by atoms with van der Waals surface area (Å²) in [7, 11) is 0. The Kier molecular flexibility index (Phi) is 3.85. The molecule has 1 fully saturated rings. The van der Waals surface area contributed by atoms with Crippen molar-refractivity contribution >= 4 is 15.9 Å². The van der Waals surface area contributed by atoms with Gasteiger partial charge in [0.05, 0.1) is 5.60 Å². The van der Waals surface area contributed by atoms with E-state index in [2.05, 4.69) is 20.8 Å². The molecule has 94 valence electrons.